The Morgan fingerprint density at radius 2 is 1.71 bits per heavy atom. The molecule has 3 rings (SSSR count). The molecule has 0 atom stereocenters. The Balaban J connectivity index is 1.90. The topological polar surface area (TPSA) is 51.5 Å². The van der Waals surface area contributed by atoms with Crippen molar-refractivity contribution < 1.29 is 35.6 Å². The van der Waals surface area contributed by atoms with Gasteiger partial charge in [0.05, 0.1) is 35.6 Å². The van der Waals surface area contributed by atoms with Crippen molar-refractivity contribution in [3.05, 3.63) is 71.4 Å². The lowest BCUT2D eigenvalue weighted by Crippen LogP contribution is -2.36. The number of nitrogens with one attached hydrogen (secondary N) is 1. The number of anilines is 2. The molecule has 5 nitrogen and oxygen atoms in total. The fourth-order valence-electron chi connectivity index (χ4n) is 2.81. The van der Waals surface area contributed by atoms with Crippen LogP contribution >= 0.6 is 0 Å². The maximum absolute atomic E-state index is 13.2. The summed E-state index contributed by atoms with van der Waals surface area (Å²) in [6.07, 6.45) is -8.37. The first-order valence-electron chi connectivity index (χ1n) is 8.57. The summed E-state index contributed by atoms with van der Waals surface area (Å²) >= 11 is 0. The molecule has 164 valence electrons. The fourth-order valence-corrected chi connectivity index (χ4v) is 2.81. The zero-order valence-corrected chi connectivity index (χ0v) is 15.4. The molecule has 1 aliphatic heterocycles. The van der Waals surface area contributed by atoms with Crippen molar-refractivity contribution in [1.82, 2.24) is 5.59 Å². The van der Waals surface area contributed by atoms with Crippen LogP contribution in [0.5, 0.6) is 0 Å². The number of alkyl halides is 6. The molecule has 31 heavy (non-hydrogen) atoms. The van der Waals surface area contributed by atoms with Gasteiger partial charge in [0.25, 0.3) is 0 Å². The van der Waals surface area contributed by atoms with E-state index in [-0.39, 0.29) is 5.76 Å². The van der Waals surface area contributed by atoms with E-state index < -0.39 is 48.1 Å². The Labute approximate surface area is 171 Å². The average molecular weight is 446 g/mol. The molecule has 0 aromatic heterocycles. The molecule has 0 amide bonds. The van der Waals surface area contributed by atoms with Crippen LogP contribution in [-0.2, 0) is 11.0 Å². The number of hydrogen-bond acceptors (Lipinski definition) is 5. The summed E-state index contributed by atoms with van der Waals surface area (Å²) in [5.74, 6) is -0.530. The van der Waals surface area contributed by atoms with Crippen molar-refractivity contribution in [1.29, 1.82) is 5.26 Å². The van der Waals surface area contributed by atoms with Gasteiger partial charge in [0.1, 0.15) is 12.4 Å². The van der Waals surface area contributed by atoms with Crippen molar-refractivity contribution in [3.63, 3.8) is 0 Å². The van der Waals surface area contributed by atoms with E-state index in [1.807, 2.05) is 0 Å². The lowest BCUT2D eigenvalue weighted by Gasteiger charge is -2.26. The molecule has 1 heterocycles. The van der Waals surface area contributed by atoms with Crippen molar-refractivity contribution in [3.8, 4) is 6.07 Å². The highest BCUT2D eigenvalue weighted by Gasteiger charge is 2.36. The van der Waals surface area contributed by atoms with Crippen LogP contribution in [0.1, 0.15) is 11.1 Å². The molecule has 0 spiro atoms. The highest BCUT2D eigenvalue weighted by atomic mass is 19.4. The predicted molar refractivity (Wildman–Crippen MR) is 95.6 cm³/mol. The first-order chi connectivity index (χ1) is 14.5. The monoisotopic (exact) mass is 446 g/mol. The molecule has 0 fully saturated rings. The van der Waals surface area contributed by atoms with E-state index in [0.717, 1.165) is 24.3 Å². The van der Waals surface area contributed by atoms with Gasteiger partial charge in [-0.2, -0.15) is 31.6 Å². The molecular formula is C19H13F7N4O. The van der Waals surface area contributed by atoms with Gasteiger partial charge in [0, 0.05) is 5.69 Å². The Bertz CT molecular complexity index is 1010. The molecule has 0 unspecified atom stereocenters. The second-order valence-electron chi connectivity index (χ2n) is 6.45. The first-order valence-corrected chi connectivity index (χ1v) is 8.57. The number of benzene rings is 2. The Morgan fingerprint density at radius 1 is 1.03 bits per heavy atom. The summed E-state index contributed by atoms with van der Waals surface area (Å²) < 4.78 is 92.0. The molecule has 1 N–H and O–H groups in total. The van der Waals surface area contributed by atoms with Crippen molar-refractivity contribution in [2.45, 2.75) is 12.4 Å². The largest absolute Gasteiger partial charge is 0.417 e. The zero-order chi connectivity index (χ0) is 22.8. The van der Waals surface area contributed by atoms with E-state index in [2.05, 4.69) is 5.59 Å². The van der Waals surface area contributed by atoms with E-state index in [9.17, 15) is 30.7 Å². The molecule has 2 aromatic carbocycles. The van der Waals surface area contributed by atoms with Crippen LogP contribution in [0, 0.1) is 17.1 Å². The molecule has 2 aromatic rings. The summed E-state index contributed by atoms with van der Waals surface area (Å²) in [5.41, 5.74) is 0.376. The first kappa shape index (κ1) is 22.2. The second kappa shape index (κ2) is 8.35. The molecule has 0 bridgehead atoms. The van der Waals surface area contributed by atoms with Crippen molar-refractivity contribution >= 4 is 11.4 Å². The average Bonchev–Trinajstić information content (AvgIpc) is 3.14. The van der Waals surface area contributed by atoms with Crippen molar-refractivity contribution in [2.24, 2.45) is 0 Å². The highest BCUT2D eigenvalue weighted by molar-refractivity contribution is 5.56. The number of nitriles is 1. The Kier molecular flexibility index (Phi) is 5.99. The van der Waals surface area contributed by atoms with Crippen LogP contribution in [0.15, 0.2) is 54.4 Å². The van der Waals surface area contributed by atoms with Gasteiger partial charge in [-0.15, -0.1) is 0 Å². The van der Waals surface area contributed by atoms with Gasteiger partial charge < -0.3 is 9.74 Å². The third-order valence-corrected chi connectivity index (χ3v) is 4.16. The number of halogens is 7. The van der Waals surface area contributed by atoms with Crippen molar-refractivity contribution in [2.75, 3.05) is 23.0 Å². The summed E-state index contributed by atoms with van der Waals surface area (Å²) in [6, 6.07) is 8.77. The van der Waals surface area contributed by atoms with Crippen LogP contribution in [0.2, 0.25) is 0 Å². The third kappa shape index (κ3) is 5.58. The molecule has 12 heteroatoms. The Hall–Kier alpha value is -3.46. The lowest BCUT2D eigenvalue weighted by molar-refractivity contribution is -0.137. The smallest absolute Gasteiger partial charge is 0.390 e. The van der Waals surface area contributed by atoms with Gasteiger partial charge >= 0.3 is 12.4 Å². The van der Waals surface area contributed by atoms with Crippen LogP contribution < -0.4 is 15.5 Å². The van der Waals surface area contributed by atoms with Gasteiger partial charge in [-0.3, -0.25) is 0 Å². The van der Waals surface area contributed by atoms with Crippen LogP contribution in [0.3, 0.4) is 0 Å². The summed E-state index contributed by atoms with van der Waals surface area (Å²) in [5, 5.41) is 10.1. The number of nitrogens with zero attached hydrogens (tertiary/aromatic N) is 3. The second-order valence-corrected chi connectivity index (χ2v) is 6.45. The zero-order valence-electron chi connectivity index (χ0n) is 15.4. The van der Waals surface area contributed by atoms with E-state index in [1.165, 1.54) is 29.4 Å². The maximum atomic E-state index is 13.2. The highest BCUT2D eigenvalue weighted by Crippen LogP contribution is 2.35. The normalized spacial score (nSPS) is 14.1. The fraction of sp³-hybridized carbons (Fsp3) is 0.211. The standard InChI is InChI=1S/C19H13F7N4O/c20-13-2-5-14(6-3-13)30-10-16(31-28-30)9-29(11-18(21,22)23)15-4-1-12(8-27)17(7-15)19(24,25)26/h1-7,10,28H,9,11H2. The summed E-state index contributed by atoms with van der Waals surface area (Å²) in [4.78, 5) is 5.76. The molecular weight excluding hydrogens is 433 g/mol. The third-order valence-electron chi connectivity index (χ3n) is 4.16. The van der Waals surface area contributed by atoms with Crippen LogP contribution in [-0.4, -0.2) is 19.3 Å². The summed E-state index contributed by atoms with van der Waals surface area (Å²) in [6.45, 7) is -2.10. The number of hydrazine groups is 1. The number of hydrogen-bond donors (Lipinski definition) is 1. The minimum atomic E-state index is -4.92. The predicted octanol–water partition coefficient (Wildman–Crippen LogP) is 4.88. The van der Waals surface area contributed by atoms with E-state index in [4.69, 9.17) is 10.1 Å². The molecule has 1 aliphatic rings. The SMILES string of the molecule is N#Cc1ccc(N(CC2=CN(c3ccc(F)cc3)NO2)CC(F)(F)F)cc1C(F)(F)F. The van der Waals surface area contributed by atoms with Gasteiger partial charge in [-0.1, -0.05) is 5.59 Å². The van der Waals surface area contributed by atoms with Gasteiger partial charge in [-0.05, 0) is 42.5 Å². The quantitative estimate of drug-likeness (QED) is 0.664. The maximum Gasteiger partial charge on any atom is 0.417 e. The minimum absolute atomic E-state index is 0.0357. The minimum Gasteiger partial charge on any atom is -0.390 e. The number of rotatable bonds is 5. The van der Waals surface area contributed by atoms with Gasteiger partial charge in [0.15, 0.2) is 5.76 Å². The van der Waals surface area contributed by atoms with Gasteiger partial charge in [-0.25, -0.2) is 9.40 Å². The van der Waals surface area contributed by atoms with E-state index in [0.29, 0.717) is 16.7 Å². The van der Waals surface area contributed by atoms with Crippen LogP contribution in [0.4, 0.5) is 42.1 Å². The molecule has 0 saturated heterocycles. The Morgan fingerprint density at radius 3 is 2.29 bits per heavy atom. The summed E-state index contributed by atoms with van der Waals surface area (Å²) in [7, 11) is 0. The van der Waals surface area contributed by atoms with Crippen LogP contribution in [0.25, 0.3) is 0 Å². The molecule has 0 radical (unpaired) electrons. The molecule has 0 saturated carbocycles. The van der Waals surface area contributed by atoms with E-state index in [1.54, 1.807) is 0 Å². The molecule has 0 aliphatic carbocycles. The van der Waals surface area contributed by atoms with Gasteiger partial charge in [0.2, 0.25) is 0 Å². The lowest BCUT2D eigenvalue weighted by atomic mass is 10.1. The van der Waals surface area contributed by atoms with E-state index >= 15 is 0 Å².